The van der Waals surface area contributed by atoms with Crippen molar-refractivity contribution in [3.8, 4) is 0 Å². The molecule has 164 valence electrons. The quantitative estimate of drug-likeness (QED) is 0.373. The third kappa shape index (κ3) is 4.74. The fourth-order valence-electron chi connectivity index (χ4n) is 4.75. The van der Waals surface area contributed by atoms with Gasteiger partial charge < -0.3 is 4.90 Å². The van der Waals surface area contributed by atoms with Gasteiger partial charge >= 0.3 is 0 Å². The van der Waals surface area contributed by atoms with Crippen molar-refractivity contribution in [3.63, 3.8) is 0 Å². The van der Waals surface area contributed by atoms with Crippen LogP contribution in [0, 0.1) is 0 Å². The predicted molar refractivity (Wildman–Crippen MR) is 136 cm³/mol. The van der Waals surface area contributed by atoms with Crippen LogP contribution in [-0.2, 0) is 4.79 Å². The summed E-state index contributed by atoms with van der Waals surface area (Å²) >= 11 is 0. The maximum atomic E-state index is 12.9. The Morgan fingerprint density at radius 1 is 0.667 bits per heavy atom. The Labute approximate surface area is 195 Å². The lowest BCUT2D eigenvalue weighted by atomic mass is 9.96. The Balaban J connectivity index is 1.29. The van der Waals surface area contributed by atoms with Gasteiger partial charge in [0, 0.05) is 32.3 Å². The molecule has 3 heteroatoms. The molecule has 33 heavy (non-hydrogen) atoms. The molecule has 0 aromatic heterocycles. The summed E-state index contributed by atoms with van der Waals surface area (Å²) in [5.41, 5.74) is 3.66. The van der Waals surface area contributed by atoms with Gasteiger partial charge in [-0.3, -0.25) is 9.69 Å². The number of carbonyl (C=O) groups is 1. The molecule has 0 aliphatic carbocycles. The van der Waals surface area contributed by atoms with Gasteiger partial charge in [0.15, 0.2) is 0 Å². The molecule has 1 heterocycles. The van der Waals surface area contributed by atoms with Crippen LogP contribution in [0.25, 0.3) is 16.8 Å². The van der Waals surface area contributed by atoms with E-state index in [1.54, 1.807) is 6.08 Å². The monoisotopic (exact) mass is 432 g/mol. The third-order valence-corrected chi connectivity index (χ3v) is 6.45. The summed E-state index contributed by atoms with van der Waals surface area (Å²) in [6.45, 7) is 3.16. The molecule has 0 atom stereocenters. The van der Waals surface area contributed by atoms with Gasteiger partial charge in [0.05, 0.1) is 6.04 Å². The van der Waals surface area contributed by atoms with Crippen LogP contribution >= 0.6 is 0 Å². The topological polar surface area (TPSA) is 23.6 Å². The molecular weight excluding hydrogens is 404 g/mol. The highest BCUT2D eigenvalue weighted by molar-refractivity contribution is 5.96. The minimum absolute atomic E-state index is 0.0820. The van der Waals surface area contributed by atoms with E-state index in [9.17, 15) is 4.79 Å². The fraction of sp³-hybridized carbons (Fsp3) is 0.167. The van der Waals surface area contributed by atoms with Gasteiger partial charge in [0.2, 0.25) is 5.91 Å². The van der Waals surface area contributed by atoms with Crippen molar-refractivity contribution in [1.82, 2.24) is 9.80 Å². The number of hydrogen-bond acceptors (Lipinski definition) is 2. The standard InChI is InChI=1S/C30H28N2O/c33-29(19-18-25-16-9-15-24-10-7-8-17-28(24)25)31-20-22-32(23-21-31)30(26-11-3-1-4-12-26)27-13-5-2-6-14-27/h1-19,30H,20-23H2/b19-18+. The smallest absolute Gasteiger partial charge is 0.246 e. The van der Waals surface area contributed by atoms with Gasteiger partial charge in [-0.15, -0.1) is 0 Å². The largest absolute Gasteiger partial charge is 0.337 e. The van der Waals surface area contributed by atoms with E-state index in [4.69, 9.17) is 0 Å². The molecule has 0 saturated carbocycles. The number of rotatable bonds is 5. The first-order valence-corrected chi connectivity index (χ1v) is 11.6. The van der Waals surface area contributed by atoms with Crippen molar-refractivity contribution >= 4 is 22.8 Å². The van der Waals surface area contributed by atoms with E-state index in [0.29, 0.717) is 0 Å². The van der Waals surface area contributed by atoms with Gasteiger partial charge in [-0.05, 0) is 33.5 Å². The number of amides is 1. The van der Waals surface area contributed by atoms with Crippen molar-refractivity contribution < 1.29 is 4.79 Å². The molecular formula is C30H28N2O. The second-order valence-corrected chi connectivity index (χ2v) is 8.49. The lowest BCUT2D eigenvalue weighted by molar-refractivity contribution is -0.127. The zero-order chi connectivity index (χ0) is 22.5. The number of benzene rings is 4. The summed E-state index contributed by atoms with van der Waals surface area (Å²) in [6, 6.07) is 36.0. The van der Waals surface area contributed by atoms with E-state index in [-0.39, 0.29) is 11.9 Å². The number of hydrogen-bond donors (Lipinski definition) is 0. The summed E-state index contributed by atoms with van der Waals surface area (Å²) in [6.07, 6.45) is 3.68. The van der Waals surface area contributed by atoms with Crippen molar-refractivity contribution in [3.05, 3.63) is 126 Å². The Morgan fingerprint density at radius 2 is 1.24 bits per heavy atom. The molecule has 0 bridgehead atoms. The van der Waals surface area contributed by atoms with Gasteiger partial charge in [-0.2, -0.15) is 0 Å². The van der Waals surface area contributed by atoms with Crippen molar-refractivity contribution in [2.45, 2.75) is 6.04 Å². The molecule has 3 nitrogen and oxygen atoms in total. The maximum absolute atomic E-state index is 12.9. The number of piperazine rings is 1. The highest BCUT2D eigenvalue weighted by Crippen LogP contribution is 2.29. The summed E-state index contributed by atoms with van der Waals surface area (Å²) in [5, 5.41) is 2.36. The first-order valence-electron chi connectivity index (χ1n) is 11.6. The molecule has 0 spiro atoms. The van der Waals surface area contributed by atoms with Crippen LogP contribution < -0.4 is 0 Å². The van der Waals surface area contributed by atoms with Crippen molar-refractivity contribution in [1.29, 1.82) is 0 Å². The van der Waals surface area contributed by atoms with E-state index >= 15 is 0 Å². The Bertz CT molecular complexity index is 1200. The third-order valence-electron chi connectivity index (χ3n) is 6.45. The lowest BCUT2D eigenvalue weighted by Crippen LogP contribution is -2.49. The van der Waals surface area contributed by atoms with Gasteiger partial charge in [0.25, 0.3) is 0 Å². The SMILES string of the molecule is O=C(/C=C/c1cccc2ccccc12)N1CCN(C(c2ccccc2)c2ccccc2)CC1. The highest BCUT2D eigenvalue weighted by Gasteiger charge is 2.27. The molecule has 1 saturated heterocycles. The predicted octanol–water partition coefficient (Wildman–Crippen LogP) is 5.79. The van der Waals surface area contributed by atoms with Gasteiger partial charge in [-0.25, -0.2) is 0 Å². The normalized spacial score (nSPS) is 14.9. The number of nitrogens with zero attached hydrogens (tertiary/aromatic N) is 2. The minimum atomic E-state index is 0.0820. The average molecular weight is 433 g/mol. The van der Waals surface area contributed by atoms with Crippen molar-refractivity contribution in [2.75, 3.05) is 26.2 Å². The van der Waals surface area contributed by atoms with Gasteiger partial charge in [-0.1, -0.05) is 103 Å². The van der Waals surface area contributed by atoms with Crippen LogP contribution in [0.3, 0.4) is 0 Å². The van der Waals surface area contributed by atoms with Crippen LogP contribution in [0.2, 0.25) is 0 Å². The lowest BCUT2D eigenvalue weighted by Gasteiger charge is -2.39. The zero-order valence-electron chi connectivity index (χ0n) is 18.7. The average Bonchev–Trinajstić information content (AvgIpc) is 2.89. The molecule has 0 N–H and O–H groups in total. The van der Waals surface area contributed by atoms with Crippen LogP contribution in [0.15, 0.2) is 109 Å². The van der Waals surface area contributed by atoms with Gasteiger partial charge in [0.1, 0.15) is 0 Å². The van der Waals surface area contributed by atoms with Crippen LogP contribution in [0.5, 0.6) is 0 Å². The van der Waals surface area contributed by atoms with Crippen molar-refractivity contribution in [2.24, 2.45) is 0 Å². The first kappa shape index (κ1) is 21.2. The van der Waals surface area contributed by atoms with Crippen LogP contribution in [0.4, 0.5) is 0 Å². The van der Waals surface area contributed by atoms with Crippen LogP contribution in [-0.4, -0.2) is 41.9 Å². The van der Waals surface area contributed by atoms with E-state index < -0.39 is 0 Å². The van der Waals surface area contributed by atoms with Crippen LogP contribution in [0.1, 0.15) is 22.7 Å². The zero-order valence-corrected chi connectivity index (χ0v) is 18.7. The van der Waals surface area contributed by atoms with E-state index in [2.05, 4.69) is 89.8 Å². The fourth-order valence-corrected chi connectivity index (χ4v) is 4.75. The molecule has 1 fully saturated rings. The van der Waals surface area contributed by atoms with E-state index in [1.165, 1.54) is 21.9 Å². The number of carbonyl (C=O) groups excluding carboxylic acids is 1. The Kier molecular flexibility index (Phi) is 6.32. The Hall–Kier alpha value is -3.69. The highest BCUT2D eigenvalue weighted by atomic mass is 16.2. The molecule has 4 aromatic carbocycles. The second-order valence-electron chi connectivity index (χ2n) is 8.49. The first-order chi connectivity index (χ1) is 16.3. The summed E-state index contributed by atoms with van der Waals surface area (Å²) < 4.78 is 0. The maximum Gasteiger partial charge on any atom is 0.246 e. The molecule has 4 aromatic rings. The molecule has 1 aliphatic rings. The Morgan fingerprint density at radius 3 is 1.91 bits per heavy atom. The summed E-state index contributed by atoms with van der Waals surface area (Å²) in [5.74, 6) is 0.0820. The summed E-state index contributed by atoms with van der Waals surface area (Å²) in [4.78, 5) is 17.4. The molecule has 0 unspecified atom stereocenters. The molecule has 1 amide bonds. The van der Waals surface area contributed by atoms with E-state index in [1.807, 2.05) is 29.2 Å². The summed E-state index contributed by atoms with van der Waals surface area (Å²) in [7, 11) is 0. The molecule has 1 aliphatic heterocycles. The second kappa shape index (κ2) is 9.85. The molecule has 0 radical (unpaired) electrons. The van der Waals surface area contributed by atoms with E-state index in [0.717, 1.165) is 31.7 Å². The number of fused-ring (bicyclic) bond motifs is 1. The molecule has 5 rings (SSSR count). The minimum Gasteiger partial charge on any atom is -0.337 e.